The third kappa shape index (κ3) is 5.31. The number of likely N-dealkylation sites (tertiary alicyclic amines) is 1. The Morgan fingerprint density at radius 2 is 1.92 bits per heavy atom. The van der Waals surface area contributed by atoms with Crippen LogP contribution >= 0.6 is 0 Å². The highest BCUT2D eigenvalue weighted by atomic mass is 16.6. The second kappa shape index (κ2) is 11.8. The number of hydrogen-bond acceptors (Lipinski definition) is 7. The molecule has 10 nitrogen and oxygen atoms in total. The molecule has 1 spiro atoms. The van der Waals surface area contributed by atoms with Gasteiger partial charge in [-0.3, -0.25) is 19.2 Å². The Morgan fingerprint density at radius 3 is 2.68 bits per heavy atom. The summed E-state index contributed by atoms with van der Waals surface area (Å²) in [6, 6.07) is -0.929. The maximum Gasteiger partial charge on any atom is 0.313 e. The van der Waals surface area contributed by atoms with Crippen molar-refractivity contribution in [2.45, 2.75) is 76.2 Å². The van der Waals surface area contributed by atoms with E-state index in [0.29, 0.717) is 25.9 Å². The first-order valence-corrected chi connectivity index (χ1v) is 13.5. The topological polar surface area (TPSA) is 125 Å². The molecule has 2 fully saturated rings. The Hall–Kier alpha value is -2.72. The van der Waals surface area contributed by atoms with Gasteiger partial charge in [-0.25, -0.2) is 0 Å². The fraction of sp³-hybridized carbons (Fsp3) is 0.704. The van der Waals surface area contributed by atoms with Crippen molar-refractivity contribution in [3.05, 3.63) is 24.3 Å². The number of aliphatic hydroxyl groups excluding tert-OH is 1. The van der Waals surface area contributed by atoms with Crippen LogP contribution in [0.5, 0.6) is 0 Å². The summed E-state index contributed by atoms with van der Waals surface area (Å²) < 4.78 is 12.3. The van der Waals surface area contributed by atoms with Crippen molar-refractivity contribution in [1.29, 1.82) is 0 Å². The number of ether oxygens (including phenoxy) is 2. The van der Waals surface area contributed by atoms with E-state index < -0.39 is 41.7 Å². The number of rotatable bonds is 7. The minimum atomic E-state index is -1.32. The van der Waals surface area contributed by atoms with Gasteiger partial charge in [0.05, 0.1) is 18.6 Å². The molecule has 0 aliphatic carbocycles. The molecule has 204 valence electrons. The highest BCUT2D eigenvalue weighted by Crippen LogP contribution is 2.53. The molecule has 0 aromatic rings. The van der Waals surface area contributed by atoms with Gasteiger partial charge in [-0.05, 0) is 26.2 Å². The molecule has 3 amide bonds. The Kier molecular flexibility index (Phi) is 8.69. The van der Waals surface area contributed by atoms with Gasteiger partial charge >= 0.3 is 5.97 Å². The summed E-state index contributed by atoms with van der Waals surface area (Å²) in [5, 5.41) is 12.2. The van der Waals surface area contributed by atoms with Crippen LogP contribution in [0.2, 0.25) is 0 Å². The van der Waals surface area contributed by atoms with Crippen molar-refractivity contribution in [3.8, 4) is 0 Å². The summed E-state index contributed by atoms with van der Waals surface area (Å²) in [5.41, 5.74) is -1.32. The number of allylic oxidation sites excluding steroid dienone is 1. The van der Waals surface area contributed by atoms with Gasteiger partial charge in [0.25, 0.3) is 0 Å². The number of cyclic esters (lactones) is 1. The van der Waals surface area contributed by atoms with E-state index in [-0.39, 0.29) is 43.8 Å². The minimum Gasteiger partial charge on any atom is -0.460 e. The highest BCUT2D eigenvalue weighted by molar-refractivity contribution is 5.99. The number of nitrogens with one attached hydrogen (secondary N) is 1. The minimum absolute atomic E-state index is 0.126. The fourth-order valence-electron chi connectivity index (χ4n) is 5.94. The lowest BCUT2D eigenvalue weighted by molar-refractivity contribution is -0.158. The monoisotopic (exact) mass is 517 g/mol. The van der Waals surface area contributed by atoms with Gasteiger partial charge in [-0.1, -0.05) is 44.1 Å². The third-order valence-electron chi connectivity index (χ3n) is 7.71. The van der Waals surface area contributed by atoms with E-state index in [2.05, 4.69) is 12.2 Å². The van der Waals surface area contributed by atoms with Crippen LogP contribution in [0, 0.1) is 11.8 Å². The maximum absolute atomic E-state index is 14.0. The number of hydrogen-bond donors (Lipinski definition) is 2. The molecular weight excluding hydrogens is 478 g/mol. The first kappa shape index (κ1) is 27.3. The number of unbranched alkanes of at least 4 members (excludes halogenated alkanes) is 2. The smallest absolute Gasteiger partial charge is 0.313 e. The summed E-state index contributed by atoms with van der Waals surface area (Å²) >= 11 is 0. The SMILES string of the molecule is CCCCCN1CC=C[C@@]23O[C@H]4/C=C\CCC(=O)NC[C@H](C)OC(=O)[C@H]4[C@@H]2C(=O)N(CCCO)[C@H]3C1=O. The number of esters is 1. The van der Waals surface area contributed by atoms with Crippen LogP contribution in [0.25, 0.3) is 0 Å². The number of amides is 3. The molecule has 10 heteroatoms. The average Bonchev–Trinajstić information content (AvgIpc) is 3.25. The van der Waals surface area contributed by atoms with Crippen LogP contribution in [-0.4, -0.2) is 95.2 Å². The molecular formula is C27H39N3O7. The zero-order valence-electron chi connectivity index (χ0n) is 21.8. The van der Waals surface area contributed by atoms with Crippen molar-refractivity contribution < 1.29 is 33.8 Å². The molecule has 2 N–H and O–H groups in total. The lowest BCUT2D eigenvalue weighted by Crippen LogP contribution is -2.55. The van der Waals surface area contributed by atoms with Crippen LogP contribution < -0.4 is 5.32 Å². The zero-order valence-corrected chi connectivity index (χ0v) is 21.8. The Bertz CT molecular complexity index is 950. The molecule has 0 aromatic heterocycles. The molecule has 4 aliphatic heterocycles. The summed E-state index contributed by atoms with van der Waals surface area (Å²) in [6.45, 7) is 5.00. The van der Waals surface area contributed by atoms with Crippen LogP contribution in [0.3, 0.4) is 0 Å². The number of nitrogens with zero attached hydrogens (tertiary/aromatic N) is 2. The fourth-order valence-corrected chi connectivity index (χ4v) is 5.94. The molecule has 6 atom stereocenters. The van der Waals surface area contributed by atoms with Crippen molar-refractivity contribution >= 4 is 23.7 Å². The number of carbonyl (C=O) groups excluding carboxylic acids is 4. The van der Waals surface area contributed by atoms with E-state index in [1.165, 1.54) is 4.90 Å². The summed E-state index contributed by atoms with van der Waals surface area (Å²) in [5.74, 6) is -3.13. The van der Waals surface area contributed by atoms with E-state index in [1.807, 2.05) is 6.08 Å². The van der Waals surface area contributed by atoms with Gasteiger partial charge in [0, 0.05) is 32.7 Å². The van der Waals surface area contributed by atoms with Crippen molar-refractivity contribution in [3.63, 3.8) is 0 Å². The molecule has 2 saturated heterocycles. The molecule has 0 aromatic carbocycles. The normalized spacial score (nSPS) is 35.1. The average molecular weight is 518 g/mol. The first-order chi connectivity index (χ1) is 17.8. The van der Waals surface area contributed by atoms with E-state index in [9.17, 15) is 24.3 Å². The van der Waals surface area contributed by atoms with Gasteiger partial charge in [-0.2, -0.15) is 0 Å². The molecule has 4 rings (SSSR count). The summed E-state index contributed by atoms with van der Waals surface area (Å²) in [6.07, 6.45) is 9.75. The standard InChI is InChI=1S/C27H39N3O7/c1-3-4-7-13-29-14-8-12-27-22(24(33)30(15-9-16-31)23(27)25(29)34)21-19(37-27)10-5-6-11-20(32)28-17-18(2)36-26(21)35/h5,8,10,12,18-19,21-23,31H,3-4,6-7,9,11,13-17H2,1-2H3,(H,28,32)/b10-5-/t18-,19-,21+,22+,23-,27+/m0/s1. The summed E-state index contributed by atoms with van der Waals surface area (Å²) in [7, 11) is 0. The van der Waals surface area contributed by atoms with Crippen LogP contribution in [0.4, 0.5) is 0 Å². The van der Waals surface area contributed by atoms with Crippen LogP contribution in [0.1, 0.15) is 52.4 Å². The van der Waals surface area contributed by atoms with Gasteiger partial charge < -0.3 is 29.7 Å². The number of aliphatic hydroxyl groups is 1. The van der Waals surface area contributed by atoms with Gasteiger partial charge in [0.2, 0.25) is 17.7 Å². The van der Waals surface area contributed by atoms with E-state index in [1.54, 1.807) is 30.1 Å². The van der Waals surface area contributed by atoms with E-state index in [0.717, 1.165) is 19.3 Å². The molecule has 37 heavy (non-hydrogen) atoms. The Morgan fingerprint density at radius 1 is 1.11 bits per heavy atom. The quantitative estimate of drug-likeness (QED) is 0.292. The van der Waals surface area contributed by atoms with Gasteiger partial charge in [0.1, 0.15) is 23.7 Å². The van der Waals surface area contributed by atoms with Crippen molar-refractivity contribution in [2.75, 3.05) is 32.8 Å². The molecule has 0 radical (unpaired) electrons. The van der Waals surface area contributed by atoms with E-state index >= 15 is 0 Å². The predicted molar refractivity (Wildman–Crippen MR) is 134 cm³/mol. The van der Waals surface area contributed by atoms with Crippen molar-refractivity contribution in [1.82, 2.24) is 15.1 Å². The number of fused-ring (bicyclic) bond motifs is 2. The lowest BCUT2D eigenvalue weighted by Gasteiger charge is -2.35. The molecule has 0 saturated carbocycles. The second-order valence-electron chi connectivity index (χ2n) is 10.4. The van der Waals surface area contributed by atoms with Gasteiger partial charge in [-0.15, -0.1) is 0 Å². The van der Waals surface area contributed by atoms with Crippen LogP contribution in [-0.2, 0) is 28.7 Å². The van der Waals surface area contributed by atoms with Crippen molar-refractivity contribution in [2.24, 2.45) is 11.8 Å². The molecule has 0 unspecified atom stereocenters. The largest absolute Gasteiger partial charge is 0.460 e. The Labute approximate surface area is 218 Å². The first-order valence-electron chi connectivity index (χ1n) is 13.5. The lowest BCUT2D eigenvalue weighted by atomic mass is 9.78. The molecule has 4 heterocycles. The third-order valence-corrected chi connectivity index (χ3v) is 7.71. The Balaban J connectivity index is 1.73. The van der Waals surface area contributed by atoms with Gasteiger partial charge in [0.15, 0.2) is 0 Å². The predicted octanol–water partition coefficient (Wildman–Crippen LogP) is 0.936. The maximum atomic E-state index is 14.0. The highest BCUT2D eigenvalue weighted by Gasteiger charge is 2.71. The molecule has 0 bridgehead atoms. The van der Waals surface area contributed by atoms with Crippen LogP contribution in [0.15, 0.2) is 24.3 Å². The zero-order chi connectivity index (χ0) is 26.6. The summed E-state index contributed by atoms with van der Waals surface area (Å²) in [4.78, 5) is 56.7. The second-order valence-corrected chi connectivity index (χ2v) is 10.4. The number of carbonyl (C=O) groups is 4. The van der Waals surface area contributed by atoms with E-state index in [4.69, 9.17) is 9.47 Å². The molecule has 4 aliphatic rings.